The molecule has 5 aliphatic carbocycles. The van der Waals surface area contributed by atoms with E-state index in [9.17, 15) is 0 Å². The Morgan fingerprint density at radius 1 is 0.889 bits per heavy atom. The largest absolute Gasteiger partial charge is 0.324 e. The van der Waals surface area contributed by atoms with Gasteiger partial charge in [0.15, 0.2) is 0 Å². The minimum Gasteiger partial charge on any atom is -0.324 e. The fourth-order valence-corrected chi connectivity index (χ4v) is 5.84. The third-order valence-electron chi connectivity index (χ3n) is 6.52. The maximum atomic E-state index is 6.50. The Morgan fingerprint density at radius 3 is 2.00 bits per heavy atom. The van der Waals surface area contributed by atoms with Gasteiger partial charge in [-0.3, -0.25) is 0 Å². The summed E-state index contributed by atoms with van der Waals surface area (Å²) in [5.74, 6) is 4.16. The number of hydrogen-bond donors (Lipinski definition) is 2. The highest BCUT2D eigenvalue weighted by Crippen LogP contribution is 2.53. The third-order valence-corrected chi connectivity index (χ3v) is 6.52. The SMILES string of the molecule is NC1(CNC2C3CC4CC(C3)CC2C4)CCCC1. The van der Waals surface area contributed by atoms with E-state index >= 15 is 0 Å². The summed E-state index contributed by atoms with van der Waals surface area (Å²) in [7, 11) is 0. The van der Waals surface area contributed by atoms with Crippen molar-refractivity contribution in [1.82, 2.24) is 5.32 Å². The molecule has 0 heterocycles. The van der Waals surface area contributed by atoms with Crippen LogP contribution in [0.1, 0.15) is 57.8 Å². The topological polar surface area (TPSA) is 38.0 Å². The standard InChI is InChI=1S/C16H28N2/c17-16(3-1-2-4-16)10-18-15-13-6-11-5-12(8-13)9-14(15)7-11/h11-15,18H,1-10,17H2. The summed E-state index contributed by atoms with van der Waals surface area (Å²) in [5.41, 5.74) is 6.63. The Kier molecular flexibility index (Phi) is 2.74. The van der Waals surface area contributed by atoms with Gasteiger partial charge in [-0.05, 0) is 68.6 Å². The first-order chi connectivity index (χ1) is 8.72. The van der Waals surface area contributed by atoms with Crippen LogP contribution >= 0.6 is 0 Å². The molecule has 5 rings (SSSR count). The van der Waals surface area contributed by atoms with Gasteiger partial charge in [0.25, 0.3) is 0 Å². The lowest BCUT2D eigenvalue weighted by atomic mass is 9.54. The lowest BCUT2D eigenvalue weighted by Gasteiger charge is -2.55. The molecule has 0 spiro atoms. The quantitative estimate of drug-likeness (QED) is 0.806. The maximum absolute atomic E-state index is 6.50. The lowest BCUT2D eigenvalue weighted by molar-refractivity contribution is -0.0152. The highest BCUT2D eigenvalue weighted by atomic mass is 15.0. The molecular formula is C16H28N2. The Hall–Kier alpha value is -0.0800. The van der Waals surface area contributed by atoms with E-state index in [1.165, 1.54) is 51.4 Å². The normalized spacial score (nSPS) is 48.8. The summed E-state index contributed by atoms with van der Waals surface area (Å²) in [6.45, 7) is 1.08. The van der Waals surface area contributed by atoms with E-state index in [1.54, 1.807) is 6.42 Å². The predicted octanol–water partition coefficient (Wildman–Crippen LogP) is 2.67. The van der Waals surface area contributed by atoms with Crippen molar-refractivity contribution in [3.63, 3.8) is 0 Å². The molecule has 0 aromatic carbocycles. The third kappa shape index (κ3) is 1.92. The Bertz CT molecular complexity index is 291. The Labute approximate surface area is 111 Å². The van der Waals surface area contributed by atoms with Gasteiger partial charge in [0.1, 0.15) is 0 Å². The molecule has 102 valence electrons. The number of rotatable bonds is 3. The number of nitrogens with two attached hydrogens (primary N) is 1. The molecule has 18 heavy (non-hydrogen) atoms. The molecule has 0 saturated heterocycles. The van der Waals surface area contributed by atoms with Gasteiger partial charge in [-0.25, -0.2) is 0 Å². The maximum Gasteiger partial charge on any atom is 0.0280 e. The molecule has 0 aliphatic heterocycles. The van der Waals surface area contributed by atoms with E-state index < -0.39 is 0 Å². The summed E-state index contributed by atoms with van der Waals surface area (Å²) in [6, 6.07) is 0.818. The molecule has 0 aromatic rings. The van der Waals surface area contributed by atoms with Crippen molar-refractivity contribution in [1.29, 1.82) is 0 Å². The molecule has 0 amide bonds. The predicted molar refractivity (Wildman–Crippen MR) is 74.2 cm³/mol. The molecule has 0 radical (unpaired) electrons. The van der Waals surface area contributed by atoms with E-state index in [0.29, 0.717) is 0 Å². The molecule has 0 atom stereocenters. The minimum absolute atomic E-state index is 0.134. The first-order valence-corrected chi connectivity index (χ1v) is 8.24. The van der Waals surface area contributed by atoms with Gasteiger partial charge in [-0.15, -0.1) is 0 Å². The molecule has 0 unspecified atom stereocenters. The van der Waals surface area contributed by atoms with Crippen molar-refractivity contribution in [2.24, 2.45) is 29.4 Å². The van der Waals surface area contributed by atoms with E-state index in [1.807, 2.05) is 0 Å². The number of hydrogen-bond acceptors (Lipinski definition) is 2. The first-order valence-electron chi connectivity index (χ1n) is 8.24. The summed E-state index contributed by atoms with van der Waals surface area (Å²) in [5, 5.41) is 3.92. The fourth-order valence-electron chi connectivity index (χ4n) is 5.84. The molecule has 0 aromatic heterocycles. The van der Waals surface area contributed by atoms with Gasteiger partial charge >= 0.3 is 0 Å². The van der Waals surface area contributed by atoms with E-state index in [4.69, 9.17) is 5.73 Å². The molecule has 3 N–H and O–H groups in total. The summed E-state index contributed by atoms with van der Waals surface area (Å²) in [4.78, 5) is 0. The smallest absolute Gasteiger partial charge is 0.0280 e. The zero-order valence-electron chi connectivity index (χ0n) is 11.5. The number of nitrogens with one attached hydrogen (secondary N) is 1. The van der Waals surface area contributed by atoms with Crippen LogP contribution in [-0.4, -0.2) is 18.1 Å². The van der Waals surface area contributed by atoms with Crippen molar-refractivity contribution >= 4 is 0 Å². The van der Waals surface area contributed by atoms with Crippen LogP contribution in [0, 0.1) is 23.7 Å². The van der Waals surface area contributed by atoms with Crippen LogP contribution < -0.4 is 11.1 Å². The molecule has 5 saturated carbocycles. The van der Waals surface area contributed by atoms with Gasteiger partial charge in [0.2, 0.25) is 0 Å². The van der Waals surface area contributed by atoms with E-state index in [0.717, 1.165) is 36.3 Å². The highest BCUT2D eigenvalue weighted by molar-refractivity contribution is 5.03. The highest BCUT2D eigenvalue weighted by Gasteiger charge is 2.48. The van der Waals surface area contributed by atoms with Crippen molar-refractivity contribution in [3.05, 3.63) is 0 Å². The van der Waals surface area contributed by atoms with Crippen LogP contribution in [0.2, 0.25) is 0 Å². The first kappa shape index (κ1) is 11.7. The average Bonchev–Trinajstić information content (AvgIpc) is 2.75. The van der Waals surface area contributed by atoms with Gasteiger partial charge in [0.05, 0.1) is 0 Å². The van der Waals surface area contributed by atoms with Crippen molar-refractivity contribution in [3.8, 4) is 0 Å². The van der Waals surface area contributed by atoms with Crippen LogP contribution in [0.25, 0.3) is 0 Å². The molecule has 2 nitrogen and oxygen atoms in total. The summed E-state index contributed by atoms with van der Waals surface area (Å²) < 4.78 is 0. The lowest BCUT2D eigenvalue weighted by Crippen LogP contribution is -2.58. The van der Waals surface area contributed by atoms with Gasteiger partial charge < -0.3 is 11.1 Å². The monoisotopic (exact) mass is 248 g/mol. The minimum atomic E-state index is 0.134. The van der Waals surface area contributed by atoms with E-state index in [2.05, 4.69) is 5.32 Å². The van der Waals surface area contributed by atoms with Gasteiger partial charge in [-0.2, -0.15) is 0 Å². The Balaban J connectivity index is 1.40. The van der Waals surface area contributed by atoms with Gasteiger partial charge in [-0.1, -0.05) is 12.8 Å². The van der Waals surface area contributed by atoms with Crippen molar-refractivity contribution in [2.45, 2.75) is 69.4 Å². The summed E-state index contributed by atoms with van der Waals surface area (Å²) in [6.07, 6.45) is 12.8. The fraction of sp³-hybridized carbons (Fsp3) is 1.00. The van der Waals surface area contributed by atoms with Crippen LogP contribution in [0.15, 0.2) is 0 Å². The van der Waals surface area contributed by atoms with Crippen molar-refractivity contribution in [2.75, 3.05) is 6.54 Å². The van der Waals surface area contributed by atoms with Crippen LogP contribution in [0.3, 0.4) is 0 Å². The summed E-state index contributed by atoms with van der Waals surface area (Å²) >= 11 is 0. The molecule has 5 aliphatic rings. The second-order valence-electron chi connectivity index (χ2n) is 7.91. The second-order valence-corrected chi connectivity index (χ2v) is 7.91. The Morgan fingerprint density at radius 2 is 1.44 bits per heavy atom. The molecule has 5 fully saturated rings. The molecular weight excluding hydrogens is 220 g/mol. The van der Waals surface area contributed by atoms with Gasteiger partial charge in [0, 0.05) is 18.1 Å². The van der Waals surface area contributed by atoms with Crippen LogP contribution in [0.4, 0.5) is 0 Å². The zero-order chi connectivity index (χ0) is 12.2. The van der Waals surface area contributed by atoms with Crippen molar-refractivity contribution < 1.29 is 0 Å². The molecule has 4 bridgehead atoms. The van der Waals surface area contributed by atoms with Crippen LogP contribution in [-0.2, 0) is 0 Å². The van der Waals surface area contributed by atoms with E-state index in [-0.39, 0.29) is 5.54 Å². The molecule has 2 heteroatoms. The average molecular weight is 248 g/mol. The zero-order valence-corrected chi connectivity index (χ0v) is 11.5. The second kappa shape index (κ2) is 4.21. The van der Waals surface area contributed by atoms with Crippen LogP contribution in [0.5, 0.6) is 0 Å².